The fourth-order valence-electron chi connectivity index (χ4n) is 1.84. The second-order valence-corrected chi connectivity index (χ2v) is 5.24. The fourth-order valence-corrected chi connectivity index (χ4v) is 1.84. The van der Waals surface area contributed by atoms with Crippen LogP contribution in [0.3, 0.4) is 0 Å². The fraction of sp³-hybridized carbons (Fsp3) is 0.571. The maximum absolute atomic E-state index is 8.51. The molecule has 96 valence electrons. The lowest BCUT2D eigenvalue weighted by molar-refractivity contribution is 0.524. The molecule has 0 saturated heterocycles. The molecule has 0 spiro atoms. The normalized spacial score (nSPS) is 10.5. The summed E-state index contributed by atoms with van der Waals surface area (Å²) in [7, 11) is -1.17. The summed E-state index contributed by atoms with van der Waals surface area (Å²) in [4.78, 5) is 7.04. The highest BCUT2D eigenvalue weighted by atomic mass is 31.1. The van der Waals surface area contributed by atoms with Gasteiger partial charge in [-0.3, -0.25) is 0 Å². The van der Waals surface area contributed by atoms with Crippen LogP contribution in [0.15, 0.2) is 24.3 Å². The van der Waals surface area contributed by atoms with Crippen molar-refractivity contribution in [2.24, 2.45) is 11.8 Å². The Morgan fingerprint density at radius 3 is 1.53 bits per heavy atom. The summed E-state index contributed by atoms with van der Waals surface area (Å²) in [5.41, 5.74) is 3.08. The number of hydrogen-bond donors (Lipinski definition) is 1. The van der Waals surface area contributed by atoms with Gasteiger partial charge in [0.15, 0.2) is 0 Å². The highest BCUT2D eigenvalue weighted by Gasteiger charge is 2.05. The molecule has 0 aliphatic heterocycles. The molecule has 1 unspecified atom stereocenters. The molecule has 0 radical (unpaired) electrons. The zero-order valence-electron chi connectivity index (χ0n) is 11.2. The van der Waals surface area contributed by atoms with Crippen LogP contribution < -0.4 is 0 Å². The monoisotopic (exact) mass is 255 g/mol. The molecule has 0 aromatic heterocycles. The minimum Gasteiger partial charge on any atom is -0.162 e. The molecule has 0 bridgehead atoms. The van der Waals surface area contributed by atoms with E-state index in [0.717, 1.165) is 11.8 Å². The minimum atomic E-state index is -1.17. The summed E-state index contributed by atoms with van der Waals surface area (Å²) in [6.45, 7) is 9.14. The summed E-state index contributed by atoms with van der Waals surface area (Å²) < 4.78 is 8.51. The van der Waals surface area contributed by atoms with E-state index in [9.17, 15) is 0 Å². The largest absolute Gasteiger partial charge is 0.491 e. The highest BCUT2D eigenvalue weighted by molar-refractivity contribution is 7.16. The summed E-state index contributed by atoms with van der Waals surface area (Å²) in [5.74, 6) is 1.51. The van der Waals surface area contributed by atoms with Crippen molar-refractivity contribution >= 4 is 8.69 Å². The van der Waals surface area contributed by atoms with Gasteiger partial charge >= 0.3 is 8.69 Å². The maximum atomic E-state index is 8.51. The van der Waals surface area contributed by atoms with Crippen LogP contribution >= 0.6 is 8.69 Å². The summed E-state index contributed by atoms with van der Waals surface area (Å²) >= 11 is 0. The van der Waals surface area contributed by atoms with Crippen LogP contribution in [0, 0.1) is 11.8 Å². The first kappa shape index (κ1) is 16.3. The lowest BCUT2D eigenvalue weighted by atomic mass is 9.93. The predicted octanol–water partition coefficient (Wildman–Crippen LogP) is 4.00. The minimum absolute atomic E-state index is 0.753. The van der Waals surface area contributed by atoms with Crippen molar-refractivity contribution < 1.29 is 9.46 Å². The van der Waals surface area contributed by atoms with Gasteiger partial charge in [-0.05, 0) is 40.4 Å². The number of benzene rings is 1. The van der Waals surface area contributed by atoms with Crippen LogP contribution in [-0.4, -0.2) is 4.89 Å². The molecule has 0 aliphatic carbocycles. The van der Waals surface area contributed by atoms with E-state index in [-0.39, 0.29) is 0 Å². The summed E-state index contributed by atoms with van der Waals surface area (Å²) in [6.07, 6.45) is 2.42. The van der Waals surface area contributed by atoms with Crippen LogP contribution in [0.2, 0.25) is 0 Å². The standard InChI is InChI=1S/C14H22.HO2P/c1-11(2)9-13-7-5-6-8-14(13)10-12(3)4;1-3-2/h5-8,11-12H,9-10H2,1-4H3;3H/p+1. The maximum Gasteiger partial charge on any atom is 0.491 e. The van der Waals surface area contributed by atoms with E-state index < -0.39 is 8.69 Å². The quantitative estimate of drug-likeness (QED) is 0.826. The molecule has 1 aromatic carbocycles. The predicted molar refractivity (Wildman–Crippen MR) is 74.7 cm³/mol. The highest BCUT2D eigenvalue weighted by Crippen LogP contribution is 2.17. The van der Waals surface area contributed by atoms with Crippen LogP contribution in [0.25, 0.3) is 0 Å². The van der Waals surface area contributed by atoms with Gasteiger partial charge in [0, 0.05) is 0 Å². The Morgan fingerprint density at radius 2 is 1.29 bits per heavy atom. The summed E-state index contributed by atoms with van der Waals surface area (Å²) in [6, 6.07) is 8.86. The van der Waals surface area contributed by atoms with Crippen LogP contribution in [-0.2, 0) is 17.4 Å². The van der Waals surface area contributed by atoms with Crippen molar-refractivity contribution in [1.29, 1.82) is 0 Å². The molecule has 0 fully saturated rings. The first-order valence-corrected chi connectivity index (χ1v) is 6.94. The zero-order chi connectivity index (χ0) is 13.3. The van der Waals surface area contributed by atoms with E-state index in [1.165, 1.54) is 24.0 Å². The van der Waals surface area contributed by atoms with E-state index in [1.807, 2.05) is 0 Å². The van der Waals surface area contributed by atoms with Gasteiger partial charge in [-0.1, -0.05) is 52.0 Å². The third kappa shape index (κ3) is 8.06. The molecule has 0 amide bonds. The van der Waals surface area contributed by atoms with Crippen molar-refractivity contribution in [3.05, 3.63) is 35.4 Å². The number of hydrogen-bond acceptors (Lipinski definition) is 1. The Balaban J connectivity index is 0.000000770. The first-order chi connectivity index (χ1) is 8.01. The Kier molecular flexibility index (Phi) is 8.93. The van der Waals surface area contributed by atoms with Gasteiger partial charge in [-0.2, -0.15) is 4.89 Å². The molecule has 3 heteroatoms. The van der Waals surface area contributed by atoms with E-state index in [2.05, 4.69) is 52.0 Å². The number of rotatable bonds is 4. The average molecular weight is 255 g/mol. The molecule has 1 atom stereocenters. The molecule has 0 heterocycles. The SMILES string of the molecule is CC(C)Cc1ccccc1CC(C)C.O=[PH+]O. The van der Waals surface area contributed by atoms with Gasteiger partial charge in [0.2, 0.25) is 0 Å². The zero-order valence-corrected chi connectivity index (χ0v) is 12.2. The van der Waals surface area contributed by atoms with Crippen molar-refractivity contribution in [1.82, 2.24) is 0 Å². The van der Waals surface area contributed by atoms with Crippen molar-refractivity contribution in [3.8, 4) is 0 Å². The molecule has 1 rings (SSSR count). The molecular weight excluding hydrogens is 231 g/mol. The smallest absolute Gasteiger partial charge is 0.162 e. The van der Waals surface area contributed by atoms with Gasteiger partial charge in [-0.15, -0.1) is 0 Å². The summed E-state index contributed by atoms with van der Waals surface area (Å²) in [5, 5.41) is 0. The van der Waals surface area contributed by atoms with E-state index in [1.54, 1.807) is 0 Å². The first-order valence-electron chi connectivity index (χ1n) is 6.09. The molecule has 1 aromatic rings. The van der Waals surface area contributed by atoms with Crippen molar-refractivity contribution in [2.45, 2.75) is 40.5 Å². The van der Waals surface area contributed by atoms with E-state index in [4.69, 9.17) is 9.46 Å². The van der Waals surface area contributed by atoms with Crippen molar-refractivity contribution in [3.63, 3.8) is 0 Å². The van der Waals surface area contributed by atoms with Crippen LogP contribution in [0.4, 0.5) is 0 Å². The van der Waals surface area contributed by atoms with Gasteiger partial charge < -0.3 is 0 Å². The van der Waals surface area contributed by atoms with E-state index in [0.29, 0.717) is 0 Å². The Labute approximate surface area is 106 Å². The average Bonchev–Trinajstić information content (AvgIpc) is 2.20. The van der Waals surface area contributed by atoms with Crippen LogP contribution in [0.5, 0.6) is 0 Å². The lowest BCUT2D eigenvalue weighted by Gasteiger charge is -2.13. The van der Waals surface area contributed by atoms with Gasteiger partial charge in [0.1, 0.15) is 0 Å². The Bertz CT molecular complexity index is 293. The molecule has 1 N–H and O–H groups in total. The molecule has 17 heavy (non-hydrogen) atoms. The van der Waals surface area contributed by atoms with Gasteiger partial charge in [-0.25, -0.2) is 0 Å². The lowest BCUT2D eigenvalue weighted by Crippen LogP contribution is -2.02. The second-order valence-electron chi connectivity index (χ2n) is 5.06. The third-order valence-electron chi connectivity index (χ3n) is 2.37. The Hall–Kier alpha value is -0.720. The second kappa shape index (κ2) is 9.32. The van der Waals surface area contributed by atoms with Gasteiger partial charge in [0.05, 0.1) is 0 Å². The third-order valence-corrected chi connectivity index (χ3v) is 2.37. The molecule has 0 saturated carbocycles. The van der Waals surface area contributed by atoms with Gasteiger partial charge in [0.25, 0.3) is 0 Å². The topological polar surface area (TPSA) is 37.3 Å². The Morgan fingerprint density at radius 1 is 1.00 bits per heavy atom. The van der Waals surface area contributed by atoms with E-state index >= 15 is 0 Å². The molecule has 2 nitrogen and oxygen atoms in total. The van der Waals surface area contributed by atoms with Crippen LogP contribution in [0.1, 0.15) is 38.8 Å². The molecular formula is C14H24O2P+. The molecule has 0 aliphatic rings. The van der Waals surface area contributed by atoms with Crippen molar-refractivity contribution in [2.75, 3.05) is 0 Å².